The lowest BCUT2D eigenvalue weighted by Gasteiger charge is -2.58. The van der Waals surface area contributed by atoms with Crippen LogP contribution in [0, 0.1) is 34.5 Å². The summed E-state index contributed by atoms with van der Waals surface area (Å²) in [6.45, 7) is 4.66. The SMILES string of the molecule is C[C@]12C=CC(=O)NC1CC[C@@H]1[C@H]2CC[C@]2(C)C(C(=O)Nc3cccc(O)c3)CC[C@@H]12. The van der Waals surface area contributed by atoms with Crippen LogP contribution >= 0.6 is 0 Å². The number of anilines is 1. The van der Waals surface area contributed by atoms with Crippen molar-refractivity contribution in [3.8, 4) is 5.75 Å². The van der Waals surface area contributed by atoms with Crippen molar-refractivity contribution in [1.29, 1.82) is 0 Å². The summed E-state index contributed by atoms with van der Waals surface area (Å²) in [5.74, 6) is 2.05. The average Bonchev–Trinajstić information content (AvgIpc) is 3.06. The molecule has 2 unspecified atom stereocenters. The summed E-state index contributed by atoms with van der Waals surface area (Å²) in [6, 6.07) is 7.05. The van der Waals surface area contributed by atoms with Gasteiger partial charge in [0.1, 0.15) is 5.75 Å². The first kappa shape index (κ1) is 19.7. The summed E-state index contributed by atoms with van der Waals surface area (Å²) < 4.78 is 0. The van der Waals surface area contributed by atoms with Crippen molar-refractivity contribution >= 4 is 17.5 Å². The topological polar surface area (TPSA) is 78.4 Å². The van der Waals surface area contributed by atoms with Gasteiger partial charge in [0.05, 0.1) is 0 Å². The zero-order chi connectivity index (χ0) is 21.1. The lowest BCUT2D eigenvalue weighted by molar-refractivity contribution is -0.129. The molecule has 1 heterocycles. The predicted octanol–water partition coefficient (Wildman–Crippen LogP) is 4.24. The molecule has 3 aliphatic carbocycles. The highest BCUT2D eigenvalue weighted by Crippen LogP contribution is 2.65. The number of rotatable bonds is 2. The maximum absolute atomic E-state index is 13.2. The van der Waals surface area contributed by atoms with Crippen LogP contribution in [0.3, 0.4) is 0 Å². The quantitative estimate of drug-likeness (QED) is 0.685. The van der Waals surface area contributed by atoms with E-state index >= 15 is 0 Å². The molecule has 3 fully saturated rings. The summed E-state index contributed by atoms with van der Waals surface area (Å²) in [6.07, 6.45) is 10.3. The number of hydrogen-bond acceptors (Lipinski definition) is 3. The summed E-state index contributed by atoms with van der Waals surface area (Å²) >= 11 is 0. The van der Waals surface area contributed by atoms with Gasteiger partial charge < -0.3 is 15.7 Å². The van der Waals surface area contributed by atoms with Crippen molar-refractivity contribution in [3.05, 3.63) is 36.4 Å². The molecule has 30 heavy (non-hydrogen) atoms. The number of fused-ring (bicyclic) bond motifs is 5. The first-order valence-electron chi connectivity index (χ1n) is 11.4. The third-order valence-electron chi connectivity index (χ3n) is 9.12. The van der Waals surface area contributed by atoms with Crippen LogP contribution in [0.2, 0.25) is 0 Å². The number of carbonyl (C=O) groups is 2. The van der Waals surface area contributed by atoms with Gasteiger partial charge in [-0.15, -0.1) is 0 Å². The molecule has 0 bridgehead atoms. The van der Waals surface area contributed by atoms with E-state index < -0.39 is 0 Å². The van der Waals surface area contributed by atoms with Gasteiger partial charge in [0.15, 0.2) is 0 Å². The summed E-state index contributed by atoms with van der Waals surface area (Å²) in [5.41, 5.74) is 0.712. The molecular formula is C25H32N2O3. The van der Waals surface area contributed by atoms with E-state index in [2.05, 4.69) is 30.6 Å². The first-order chi connectivity index (χ1) is 14.3. The maximum atomic E-state index is 13.2. The molecule has 1 aromatic rings. The molecule has 7 atom stereocenters. The van der Waals surface area contributed by atoms with Crippen molar-refractivity contribution in [2.45, 2.75) is 58.4 Å². The number of hydrogen-bond donors (Lipinski definition) is 3. The fourth-order valence-electron chi connectivity index (χ4n) is 7.58. The fraction of sp³-hybridized carbons (Fsp3) is 0.600. The smallest absolute Gasteiger partial charge is 0.243 e. The van der Waals surface area contributed by atoms with Crippen LogP contribution in [0.1, 0.15) is 52.4 Å². The number of phenolic OH excluding ortho intramolecular Hbond substituents is 1. The molecule has 4 aliphatic rings. The molecule has 0 radical (unpaired) electrons. The van der Waals surface area contributed by atoms with Gasteiger partial charge in [-0.25, -0.2) is 0 Å². The monoisotopic (exact) mass is 408 g/mol. The second-order valence-corrected chi connectivity index (χ2v) is 10.4. The molecule has 1 aliphatic heterocycles. The molecular weight excluding hydrogens is 376 g/mol. The Morgan fingerprint density at radius 2 is 1.97 bits per heavy atom. The fourth-order valence-corrected chi connectivity index (χ4v) is 7.58. The molecule has 0 saturated heterocycles. The molecule has 5 nitrogen and oxygen atoms in total. The number of carbonyl (C=O) groups excluding carboxylic acids is 2. The molecule has 0 aromatic heterocycles. The van der Waals surface area contributed by atoms with Gasteiger partial charge in [0.25, 0.3) is 0 Å². The van der Waals surface area contributed by atoms with Crippen LogP contribution in [0.4, 0.5) is 5.69 Å². The Kier molecular flexibility index (Phi) is 4.49. The molecule has 5 heteroatoms. The summed E-state index contributed by atoms with van der Waals surface area (Å²) in [4.78, 5) is 25.1. The molecule has 5 rings (SSSR count). The van der Waals surface area contributed by atoms with E-state index in [1.54, 1.807) is 24.3 Å². The molecule has 1 aromatic carbocycles. The Hall–Kier alpha value is -2.30. The first-order valence-corrected chi connectivity index (χ1v) is 11.4. The third kappa shape index (κ3) is 2.89. The Balaban J connectivity index is 1.37. The second-order valence-electron chi connectivity index (χ2n) is 10.4. The number of amides is 2. The summed E-state index contributed by atoms with van der Waals surface area (Å²) in [5, 5.41) is 16.0. The van der Waals surface area contributed by atoms with Crippen LogP contribution in [-0.4, -0.2) is 23.0 Å². The molecule has 3 N–H and O–H groups in total. The minimum atomic E-state index is 0.0120. The normalized spacial score (nSPS) is 41.9. The number of benzene rings is 1. The number of phenols is 1. The molecule has 160 valence electrons. The van der Waals surface area contributed by atoms with Crippen molar-refractivity contribution in [2.24, 2.45) is 34.5 Å². The maximum Gasteiger partial charge on any atom is 0.243 e. The number of nitrogens with one attached hydrogen (secondary N) is 2. The Bertz CT molecular complexity index is 911. The summed E-state index contributed by atoms with van der Waals surface area (Å²) in [7, 11) is 0. The van der Waals surface area contributed by atoms with E-state index in [1.165, 1.54) is 0 Å². The highest BCUT2D eigenvalue weighted by atomic mass is 16.3. The Morgan fingerprint density at radius 1 is 1.13 bits per heavy atom. The molecule has 2 amide bonds. The lowest BCUT2D eigenvalue weighted by Crippen LogP contribution is -2.59. The van der Waals surface area contributed by atoms with Crippen molar-refractivity contribution < 1.29 is 14.7 Å². The van der Waals surface area contributed by atoms with Crippen molar-refractivity contribution in [3.63, 3.8) is 0 Å². The highest BCUT2D eigenvalue weighted by Gasteiger charge is 2.60. The lowest BCUT2D eigenvalue weighted by atomic mass is 9.48. The second kappa shape index (κ2) is 6.86. The standard InChI is InChI=1S/C25H32N2O3/c1-24-12-10-19-17(6-9-21-25(19,2)13-11-22(29)27-21)18(24)7-8-20(24)23(30)26-15-4-3-5-16(28)14-15/h3-5,11,13-14,17-21,28H,6-10,12H2,1-2H3,(H,26,30)(H,27,29)/t17-,18-,19+,20?,21?,24-,25+/m0/s1. The van der Waals surface area contributed by atoms with E-state index in [9.17, 15) is 14.7 Å². The molecule has 3 saturated carbocycles. The zero-order valence-electron chi connectivity index (χ0n) is 17.9. The zero-order valence-corrected chi connectivity index (χ0v) is 17.9. The Morgan fingerprint density at radius 3 is 2.77 bits per heavy atom. The van der Waals surface area contributed by atoms with Crippen LogP contribution in [0.25, 0.3) is 0 Å². The van der Waals surface area contributed by atoms with Gasteiger partial charge in [0, 0.05) is 29.1 Å². The largest absolute Gasteiger partial charge is 0.508 e. The van der Waals surface area contributed by atoms with Gasteiger partial charge in [0.2, 0.25) is 11.8 Å². The highest BCUT2D eigenvalue weighted by molar-refractivity contribution is 5.93. The van der Waals surface area contributed by atoms with Crippen LogP contribution < -0.4 is 10.6 Å². The van der Waals surface area contributed by atoms with Crippen molar-refractivity contribution in [1.82, 2.24) is 5.32 Å². The van der Waals surface area contributed by atoms with Crippen LogP contribution in [0.15, 0.2) is 36.4 Å². The number of aromatic hydroxyl groups is 1. The Labute approximate surface area is 178 Å². The van der Waals surface area contributed by atoms with Gasteiger partial charge in [-0.05, 0) is 79.9 Å². The molecule has 0 spiro atoms. The van der Waals surface area contributed by atoms with Crippen molar-refractivity contribution in [2.75, 3.05) is 5.32 Å². The van der Waals surface area contributed by atoms with E-state index in [0.717, 1.165) is 38.5 Å². The van der Waals surface area contributed by atoms with Gasteiger partial charge >= 0.3 is 0 Å². The van der Waals surface area contributed by atoms with Crippen LogP contribution in [0.5, 0.6) is 5.75 Å². The van der Waals surface area contributed by atoms with Crippen LogP contribution in [-0.2, 0) is 9.59 Å². The van der Waals surface area contributed by atoms with Gasteiger partial charge in [-0.3, -0.25) is 9.59 Å². The predicted molar refractivity (Wildman–Crippen MR) is 116 cm³/mol. The van der Waals surface area contributed by atoms with Gasteiger partial charge in [-0.1, -0.05) is 26.0 Å². The van der Waals surface area contributed by atoms with E-state index in [0.29, 0.717) is 23.4 Å². The average molecular weight is 409 g/mol. The van der Waals surface area contributed by atoms with E-state index in [-0.39, 0.29) is 40.4 Å². The minimum Gasteiger partial charge on any atom is -0.508 e. The van der Waals surface area contributed by atoms with Gasteiger partial charge in [-0.2, -0.15) is 0 Å². The third-order valence-corrected chi connectivity index (χ3v) is 9.12. The van der Waals surface area contributed by atoms with E-state index in [1.807, 2.05) is 6.07 Å². The minimum absolute atomic E-state index is 0.0120. The van der Waals surface area contributed by atoms with E-state index in [4.69, 9.17) is 0 Å².